The van der Waals surface area contributed by atoms with Crippen molar-refractivity contribution in [1.29, 1.82) is 0 Å². The summed E-state index contributed by atoms with van der Waals surface area (Å²) >= 11 is 0. The quantitative estimate of drug-likeness (QED) is 0.581. The van der Waals surface area contributed by atoms with Gasteiger partial charge in [0.15, 0.2) is 0 Å². The average molecular weight is 250 g/mol. The lowest BCUT2D eigenvalue weighted by Gasteiger charge is -2.30. The van der Waals surface area contributed by atoms with E-state index in [0.717, 1.165) is 0 Å². The van der Waals surface area contributed by atoms with Crippen molar-refractivity contribution in [3.8, 4) is 12.3 Å². The Kier molecular flexibility index (Phi) is 4.39. The van der Waals surface area contributed by atoms with E-state index in [1.807, 2.05) is 12.1 Å². The molecule has 1 nitrogen and oxygen atoms in total. The van der Waals surface area contributed by atoms with E-state index in [4.69, 9.17) is 11.2 Å². The molecule has 0 aliphatic heterocycles. The van der Waals surface area contributed by atoms with Gasteiger partial charge in [-0.25, -0.2) is 0 Å². The molecule has 0 heterocycles. The molecule has 96 valence electrons. The number of ether oxygens (including phenoxy) is 1. The fourth-order valence-corrected chi connectivity index (χ4v) is 2.26. The lowest BCUT2D eigenvalue weighted by molar-refractivity contribution is 0.129. The van der Waals surface area contributed by atoms with Crippen molar-refractivity contribution in [1.82, 2.24) is 0 Å². The molecule has 0 aliphatic rings. The van der Waals surface area contributed by atoms with E-state index in [1.165, 1.54) is 11.1 Å². The summed E-state index contributed by atoms with van der Waals surface area (Å²) in [6.45, 7) is 3.11. The standard InChI is InChI=1S/C18H18O/c1-3-14-19-15-18(2,16-10-6-4-7-11-16)17-12-8-5-9-13-17/h1,4-13H,14-15H2,2H3. The summed E-state index contributed by atoms with van der Waals surface area (Å²) < 4.78 is 5.62. The molecule has 0 radical (unpaired) electrons. The second-order valence-corrected chi connectivity index (χ2v) is 4.76. The van der Waals surface area contributed by atoms with Gasteiger partial charge in [-0.3, -0.25) is 0 Å². The van der Waals surface area contributed by atoms with Gasteiger partial charge in [0, 0.05) is 5.41 Å². The summed E-state index contributed by atoms with van der Waals surface area (Å²) in [5, 5.41) is 0. The number of hydrogen-bond acceptors (Lipinski definition) is 1. The van der Waals surface area contributed by atoms with Crippen LogP contribution in [0.15, 0.2) is 60.7 Å². The van der Waals surface area contributed by atoms with Gasteiger partial charge in [0.25, 0.3) is 0 Å². The van der Waals surface area contributed by atoms with Crippen LogP contribution >= 0.6 is 0 Å². The fraction of sp³-hybridized carbons (Fsp3) is 0.222. The van der Waals surface area contributed by atoms with Gasteiger partial charge in [-0.2, -0.15) is 0 Å². The first-order chi connectivity index (χ1) is 9.27. The van der Waals surface area contributed by atoms with E-state index in [-0.39, 0.29) is 5.41 Å². The van der Waals surface area contributed by atoms with Crippen LogP contribution in [0.1, 0.15) is 18.1 Å². The molecule has 2 aromatic rings. The molecule has 0 amide bonds. The monoisotopic (exact) mass is 250 g/mol. The summed E-state index contributed by atoms with van der Waals surface area (Å²) in [6, 6.07) is 20.8. The van der Waals surface area contributed by atoms with E-state index >= 15 is 0 Å². The number of benzene rings is 2. The van der Waals surface area contributed by atoms with Crippen LogP contribution in [0.3, 0.4) is 0 Å². The van der Waals surface area contributed by atoms with E-state index in [2.05, 4.69) is 61.4 Å². The van der Waals surface area contributed by atoms with Crippen LogP contribution in [0.25, 0.3) is 0 Å². The van der Waals surface area contributed by atoms with Crippen LogP contribution in [0.5, 0.6) is 0 Å². The van der Waals surface area contributed by atoms with Crippen LogP contribution in [0.4, 0.5) is 0 Å². The Morgan fingerprint density at radius 3 is 1.84 bits per heavy atom. The lowest BCUT2D eigenvalue weighted by atomic mass is 9.77. The molecule has 2 rings (SSSR count). The van der Waals surface area contributed by atoms with Gasteiger partial charge >= 0.3 is 0 Å². The minimum atomic E-state index is -0.181. The summed E-state index contributed by atoms with van der Waals surface area (Å²) in [7, 11) is 0. The molecule has 0 atom stereocenters. The third-order valence-electron chi connectivity index (χ3n) is 3.40. The van der Waals surface area contributed by atoms with Gasteiger partial charge in [-0.1, -0.05) is 66.6 Å². The van der Waals surface area contributed by atoms with Crippen LogP contribution in [0, 0.1) is 12.3 Å². The SMILES string of the molecule is C#CCOCC(C)(c1ccccc1)c1ccccc1. The van der Waals surface area contributed by atoms with Crippen molar-refractivity contribution in [2.45, 2.75) is 12.3 Å². The molecule has 0 unspecified atom stereocenters. The van der Waals surface area contributed by atoms with Gasteiger partial charge in [0.2, 0.25) is 0 Å². The van der Waals surface area contributed by atoms with Gasteiger partial charge in [-0.15, -0.1) is 6.42 Å². The van der Waals surface area contributed by atoms with Gasteiger partial charge in [0.1, 0.15) is 6.61 Å². The van der Waals surface area contributed by atoms with E-state index in [1.54, 1.807) is 0 Å². The zero-order valence-electron chi connectivity index (χ0n) is 11.2. The third-order valence-corrected chi connectivity index (χ3v) is 3.40. The minimum Gasteiger partial charge on any atom is -0.368 e. The summed E-state index contributed by atoms with van der Waals surface area (Å²) in [5.74, 6) is 2.52. The van der Waals surface area contributed by atoms with Crippen LogP contribution in [0.2, 0.25) is 0 Å². The third kappa shape index (κ3) is 3.05. The smallest absolute Gasteiger partial charge is 0.107 e. The predicted octanol–water partition coefficient (Wildman–Crippen LogP) is 3.64. The van der Waals surface area contributed by atoms with Crippen molar-refractivity contribution < 1.29 is 4.74 Å². The van der Waals surface area contributed by atoms with E-state index in [0.29, 0.717) is 13.2 Å². The first-order valence-corrected chi connectivity index (χ1v) is 6.39. The first-order valence-electron chi connectivity index (χ1n) is 6.39. The maximum atomic E-state index is 5.62. The number of rotatable bonds is 5. The fourth-order valence-electron chi connectivity index (χ4n) is 2.26. The average Bonchev–Trinajstić information content (AvgIpc) is 2.49. The Morgan fingerprint density at radius 2 is 1.42 bits per heavy atom. The first kappa shape index (κ1) is 13.4. The molecule has 0 aliphatic carbocycles. The Hall–Kier alpha value is -2.04. The van der Waals surface area contributed by atoms with Gasteiger partial charge in [-0.05, 0) is 18.1 Å². The van der Waals surface area contributed by atoms with Gasteiger partial charge in [0.05, 0.1) is 6.61 Å². The predicted molar refractivity (Wildman–Crippen MR) is 79.0 cm³/mol. The molecule has 0 bridgehead atoms. The normalized spacial score (nSPS) is 10.9. The highest BCUT2D eigenvalue weighted by Gasteiger charge is 2.28. The van der Waals surface area contributed by atoms with Crippen molar-refractivity contribution in [2.24, 2.45) is 0 Å². The molecule has 2 aromatic carbocycles. The maximum absolute atomic E-state index is 5.62. The highest BCUT2D eigenvalue weighted by atomic mass is 16.5. The largest absolute Gasteiger partial charge is 0.368 e. The number of hydrogen-bond donors (Lipinski definition) is 0. The molecule has 0 fully saturated rings. The van der Waals surface area contributed by atoms with Crippen LogP contribution in [-0.2, 0) is 10.2 Å². The zero-order valence-corrected chi connectivity index (χ0v) is 11.2. The molecule has 0 aromatic heterocycles. The van der Waals surface area contributed by atoms with Crippen molar-refractivity contribution in [3.63, 3.8) is 0 Å². The van der Waals surface area contributed by atoms with E-state index in [9.17, 15) is 0 Å². The molecule has 19 heavy (non-hydrogen) atoms. The molecule has 0 saturated carbocycles. The Balaban J connectivity index is 2.36. The lowest BCUT2D eigenvalue weighted by Crippen LogP contribution is -2.30. The van der Waals surface area contributed by atoms with Gasteiger partial charge < -0.3 is 4.74 Å². The Morgan fingerprint density at radius 1 is 0.947 bits per heavy atom. The topological polar surface area (TPSA) is 9.23 Å². The van der Waals surface area contributed by atoms with Crippen molar-refractivity contribution in [2.75, 3.05) is 13.2 Å². The maximum Gasteiger partial charge on any atom is 0.107 e. The highest BCUT2D eigenvalue weighted by Crippen LogP contribution is 2.32. The second kappa shape index (κ2) is 6.22. The summed E-state index contributed by atoms with van der Waals surface area (Å²) in [4.78, 5) is 0. The molecule has 0 N–H and O–H groups in total. The minimum absolute atomic E-state index is 0.181. The molecule has 1 heteroatoms. The number of terminal acetylenes is 1. The van der Waals surface area contributed by atoms with Crippen molar-refractivity contribution >= 4 is 0 Å². The summed E-state index contributed by atoms with van der Waals surface area (Å²) in [6.07, 6.45) is 5.26. The Labute approximate surface area is 115 Å². The zero-order chi connectivity index (χ0) is 13.6. The van der Waals surface area contributed by atoms with Crippen LogP contribution in [-0.4, -0.2) is 13.2 Å². The summed E-state index contributed by atoms with van der Waals surface area (Å²) in [5.41, 5.74) is 2.29. The molecular weight excluding hydrogens is 232 g/mol. The molecular formula is C18H18O. The highest BCUT2D eigenvalue weighted by molar-refractivity contribution is 5.38. The van der Waals surface area contributed by atoms with Crippen molar-refractivity contribution in [3.05, 3.63) is 71.8 Å². The van der Waals surface area contributed by atoms with E-state index < -0.39 is 0 Å². The molecule has 0 saturated heterocycles. The molecule has 0 spiro atoms. The van der Waals surface area contributed by atoms with Crippen LogP contribution < -0.4 is 0 Å². The Bertz CT molecular complexity index is 497. The second-order valence-electron chi connectivity index (χ2n) is 4.76.